The first-order valence-corrected chi connectivity index (χ1v) is 16.1. The van der Waals surface area contributed by atoms with Gasteiger partial charge in [-0.3, -0.25) is 14.5 Å². The number of Topliss-reactive ketones (excluding diaryl/α,β-unsaturated/α-hetero) is 2. The molecule has 1 aliphatic rings. The van der Waals surface area contributed by atoms with Gasteiger partial charge < -0.3 is 28.0 Å². The smallest absolute Gasteiger partial charge is 0.400 e. The van der Waals surface area contributed by atoms with Crippen LogP contribution in [0.15, 0.2) is 89.3 Å². The van der Waals surface area contributed by atoms with Crippen LogP contribution >= 0.6 is 0 Å². The molecule has 0 spiro atoms. The maximum atomic E-state index is 14.2. The monoisotopic (exact) mass is 669 g/mol. The fourth-order valence-corrected chi connectivity index (χ4v) is 5.45. The molecule has 2 aromatic heterocycles. The number of rotatable bonds is 15. The number of nitrogens with zero attached hydrogens (tertiary/aromatic N) is 3. The minimum absolute atomic E-state index is 0.0528. The van der Waals surface area contributed by atoms with Gasteiger partial charge >= 0.3 is 11.9 Å². The van der Waals surface area contributed by atoms with Crippen molar-refractivity contribution in [3.05, 3.63) is 96.6 Å². The molecule has 2 aromatic carbocycles. The molecule has 0 amide bonds. The second kappa shape index (κ2) is 15.8. The minimum atomic E-state index is -0.845. The summed E-state index contributed by atoms with van der Waals surface area (Å²) < 4.78 is 23.4. The molecule has 0 bridgehead atoms. The lowest BCUT2D eigenvalue weighted by Gasteiger charge is -2.39. The van der Waals surface area contributed by atoms with Crippen LogP contribution in [0, 0.1) is 0 Å². The van der Waals surface area contributed by atoms with Crippen LogP contribution in [-0.4, -0.2) is 83.7 Å². The largest absolute Gasteiger partial charge is 0.457 e. The summed E-state index contributed by atoms with van der Waals surface area (Å²) in [5.41, 5.74) is 1.16. The number of carbonyl (C=O) groups excluding carboxylic acids is 4. The van der Waals surface area contributed by atoms with E-state index in [1.807, 2.05) is 25.3 Å². The summed E-state index contributed by atoms with van der Waals surface area (Å²) in [6.07, 6.45) is 5.86. The highest BCUT2D eigenvalue weighted by molar-refractivity contribution is 6.46. The minimum Gasteiger partial charge on any atom is -0.457 e. The van der Waals surface area contributed by atoms with Crippen LogP contribution in [0.4, 0.5) is 0 Å². The lowest BCUT2D eigenvalue weighted by Crippen LogP contribution is -2.54. The van der Waals surface area contributed by atoms with Gasteiger partial charge in [0.25, 0.3) is 0 Å². The highest BCUT2D eigenvalue weighted by Gasteiger charge is 2.37. The summed E-state index contributed by atoms with van der Waals surface area (Å²) in [5.74, 6) is -1.83. The van der Waals surface area contributed by atoms with Crippen molar-refractivity contribution < 1.29 is 42.6 Å². The van der Waals surface area contributed by atoms with Crippen molar-refractivity contribution in [1.82, 2.24) is 9.47 Å². The predicted molar refractivity (Wildman–Crippen MR) is 182 cm³/mol. The van der Waals surface area contributed by atoms with Crippen LogP contribution in [-0.2, 0) is 19.1 Å². The molecule has 12 nitrogen and oxygen atoms in total. The Balaban J connectivity index is 1.47. The lowest BCUT2D eigenvalue weighted by molar-refractivity contribution is -0.128. The number of hydrogen-bond donors (Lipinski definition) is 0. The van der Waals surface area contributed by atoms with Crippen LogP contribution < -0.4 is 4.74 Å². The molecule has 0 saturated carbocycles. The number of morpholine rings is 1. The number of hydrogen-bond acceptors (Lipinski definition) is 11. The van der Waals surface area contributed by atoms with Gasteiger partial charge in [-0.05, 0) is 74.9 Å². The SMILES string of the molecule is C=CC(=O)Oc1ccc2c(c1)c(C(=O)C(C)(C)N1CCOCC1)cn2-c1ccc(C(=O)/C(COCCCC)=N/OC(=O)c2ccco2)cc1. The molecule has 1 aliphatic heterocycles. The molecule has 0 N–H and O–H groups in total. The van der Waals surface area contributed by atoms with Gasteiger partial charge in [-0.1, -0.05) is 25.1 Å². The highest BCUT2D eigenvalue weighted by Crippen LogP contribution is 2.33. The van der Waals surface area contributed by atoms with Crippen molar-refractivity contribution in [3.8, 4) is 11.4 Å². The van der Waals surface area contributed by atoms with E-state index in [1.165, 1.54) is 18.4 Å². The Morgan fingerprint density at radius 1 is 1.04 bits per heavy atom. The third-order valence-corrected chi connectivity index (χ3v) is 8.27. The zero-order chi connectivity index (χ0) is 35.0. The number of carbonyl (C=O) groups is 4. The quantitative estimate of drug-likeness (QED) is 0.0222. The van der Waals surface area contributed by atoms with Crippen molar-refractivity contribution in [3.63, 3.8) is 0 Å². The number of aromatic nitrogens is 1. The number of oxime groups is 1. The molecule has 49 heavy (non-hydrogen) atoms. The molecule has 5 rings (SSSR count). The standard InChI is InChI=1S/C37H39N3O9/c1-5-7-18-46-24-30(38-49-36(44)32-9-8-19-47-32)34(42)25-10-12-26(13-11-25)40-23-29(35(43)37(3,4)39-16-20-45-21-17-39)28-22-27(14-15-31(28)40)48-33(41)6-2/h6,8-15,19,22-23H,2,5,7,16-18,20-21,24H2,1,3-4H3/b38-30+. The van der Waals surface area contributed by atoms with Gasteiger partial charge in [0.15, 0.2) is 11.5 Å². The fourth-order valence-electron chi connectivity index (χ4n) is 5.45. The molecule has 3 heterocycles. The number of esters is 1. The zero-order valence-electron chi connectivity index (χ0n) is 27.8. The van der Waals surface area contributed by atoms with E-state index in [9.17, 15) is 19.2 Å². The van der Waals surface area contributed by atoms with Gasteiger partial charge in [-0.2, -0.15) is 0 Å². The lowest BCUT2D eigenvalue weighted by atomic mass is 9.90. The molecule has 12 heteroatoms. The first-order valence-electron chi connectivity index (χ1n) is 16.1. The summed E-state index contributed by atoms with van der Waals surface area (Å²) in [6.45, 7) is 11.8. The van der Waals surface area contributed by atoms with Crippen molar-refractivity contribution in [2.75, 3.05) is 39.5 Å². The van der Waals surface area contributed by atoms with E-state index in [2.05, 4.69) is 16.6 Å². The third kappa shape index (κ3) is 8.11. The Hall–Kier alpha value is -5.17. The Labute approximate surface area is 283 Å². The van der Waals surface area contributed by atoms with Crippen LogP contribution in [0.1, 0.15) is 64.9 Å². The third-order valence-electron chi connectivity index (χ3n) is 8.27. The molecule has 1 saturated heterocycles. The molecule has 0 unspecified atom stereocenters. The first-order chi connectivity index (χ1) is 23.6. The number of furan rings is 1. The second-order valence-electron chi connectivity index (χ2n) is 11.9. The molecule has 0 atom stereocenters. The maximum absolute atomic E-state index is 14.2. The highest BCUT2D eigenvalue weighted by atomic mass is 16.7. The van der Waals surface area contributed by atoms with E-state index in [4.69, 9.17) is 23.5 Å². The summed E-state index contributed by atoms with van der Waals surface area (Å²) in [6, 6.07) is 14.8. The molecule has 0 aliphatic carbocycles. The van der Waals surface area contributed by atoms with E-state index >= 15 is 0 Å². The van der Waals surface area contributed by atoms with E-state index in [-0.39, 0.29) is 35.2 Å². The Morgan fingerprint density at radius 3 is 2.47 bits per heavy atom. The Morgan fingerprint density at radius 2 is 1.80 bits per heavy atom. The van der Waals surface area contributed by atoms with E-state index in [0.717, 1.165) is 18.9 Å². The van der Waals surface area contributed by atoms with E-state index < -0.39 is 23.3 Å². The van der Waals surface area contributed by atoms with Crippen LogP contribution in [0.2, 0.25) is 0 Å². The number of benzene rings is 2. The number of ether oxygens (including phenoxy) is 3. The zero-order valence-corrected chi connectivity index (χ0v) is 27.8. The average molecular weight is 670 g/mol. The summed E-state index contributed by atoms with van der Waals surface area (Å²) in [7, 11) is 0. The van der Waals surface area contributed by atoms with Gasteiger partial charge in [0.05, 0.1) is 37.1 Å². The van der Waals surface area contributed by atoms with Gasteiger partial charge in [0.2, 0.25) is 11.5 Å². The summed E-state index contributed by atoms with van der Waals surface area (Å²) in [4.78, 5) is 59.1. The molecule has 0 radical (unpaired) electrons. The Kier molecular flexibility index (Phi) is 11.3. The van der Waals surface area contributed by atoms with Crippen molar-refractivity contribution in [2.45, 2.75) is 39.2 Å². The number of unbranched alkanes of at least 4 members (excludes halogenated alkanes) is 1. The number of fused-ring (bicyclic) bond motifs is 1. The van der Waals surface area contributed by atoms with Crippen LogP contribution in [0.5, 0.6) is 5.75 Å². The van der Waals surface area contributed by atoms with Crippen LogP contribution in [0.3, 0.4) is 0 Å². The maximum Gasteiger partial charge on any atom is 0.400 e. The average Bonchev–Trinajstić information content (AvgIpc) is 3.80. The van der Waals surface area contributed by atoms with Crippen LogP contribution in [0.25, 0.3) is 16.6 Å². The Bertz CT molecular complexity index is 1850. The van der Waals surface area contributed by atoms with Crippen molar-refractivity contribution >= 4 is 40.1 Å². The summed E-state index contributed by atoms with van der Waals surface area (Å²) >= 11 is 0. The topological polar surface area (TPSA) is 139 Å². The normalized spacial score (nSPS) is 14.1. The summed E-state index contributed by atoms with van der Waals surface area (Å²) in [5, 5.41) is 4.43. The van der Waals surface area contributed by atoms with Gasteiger partial charge in [-0.15, -0.1) is 0 Å². The molecular formula is C37H39N3O9. The van der Waals surface area contributed by atoms with Crippen molar-refractivity contribution in [2.24, 2.45) is 5.16 Å². The van der Waals surface area contributed by atoms with Gasteiger partial charge in [-0.25, -0.2) is 9.59 Å². The van der Waals surface area contributed by atoms with Gasteiger partial charge in [0.1, 0.15) is 5.75 Å². The van der Waals surface area contributed by atoms with E-state index in [0.29, 0.717) is 55.1 Å². The fraction of sp³-hybridized carbons (Fsp3) is 0.324. The molecule has 1 fully saturated rings. The number of ketones is 2. The van der Waals surface area contributed by atoms with Gasteiger partial charge in [0, 0.05) is 54.2 Å². The molecule has 4 aromatic rings. The second-order valence-corrected chi connectivity index (χ2v) is 11.9. The predicted octanol–water partition coefficient (Wildman–Crippen LogP) is 5.82. The molecular weight excluding hydrogens is 630 g/mol. The first kappa shape index (κ1) is 35.1. The van der Waals surface area contributed by atoms with E-state index in [1.54, 1.807) is 48.7 Å². The van der Waals surface area contributed by atoms with Crippen molar-refractivity contribution in [1.29, 1.82) is 0 Å². The molecule has 256 valence electrons.